The average Bonchev–Trinajstić information content (AvgIpc) is 3.27. The predicted molar refractivity (Wildman–Crippen MR) is 217 cm³/mol. The molecule has 0 bridgehead atoms. The molecule has 1 aromatic heterocycles. The van der Waals surface area contributed by atoms with Crippen LogP contribution < -0.4 is 15.5 Å². The summed E-state index contributed by atoms with van der Waals surface area (Å²) in [4.78, 5) is 39.1. The van der Waals surface area contributed by atoms with Crippen LogP contribution in [0.5, 0.6) is 0 Å². The van der Waals surface area contributed by atoms with Crippen molar-refractivity contribution < 1.29 is 28.9 Å². The molecule has 12 heteroatoms. The van der Waals surface area contributed by atoms with Crippen LogP contribution in [0.3, 0.4) is 0 Å². The number of carbonyl (C=O) groups excluding carboxylic acids is 2. The summed E-state index contributed by atoms with van der Waals surface area (Å²) in [5, 5.41) is 15.4. The van der Waals surface area contributed by atoms with Crippen molar-refractivity contribution in [1.29, 1.82) is 0 Å². The Morgan fingerprint density at radius 3 is 2.21 bits per heavy atom. The van der Waals surface area contributed by atoms with Crippen LogP contribution in [0.15, 0.2) is 122 Å². The number of nitrogens with zero attached hydrogens (tertiary/aromatic N) is 4. The number of benzene rings is 4. The molecule has 0 saturated carbocycles. The second-order valence-corrected chi connectivity index (χ2v) is 14.5. The zero-order chi connectivity index (χ0) is 39.6. The summed E-state index contributed by atoms with van der Waals surface area (Å²) >= 11 is 0. The van der Waals surface area contributed by atoms with E-state index >= 15 is 0 Å². The molecule has 5 atom stereocenters. The lowest BCUT2D eigenvalue weighted by Gasteiger charge is -2.44. The number of ether oxygens (including phenoxy) is 3. The van der Waals surface area contributed by atoms with Gasteiger partial charge >= 0.3 is 12.0 Å². The summed E-state index contributed by atoms with van der Waals surface area (Å²) in [5.41, 5.74) is 6.58. The van der Waals surface area contributed by atoms with Gasteiger partial charge in [0.1, 0.15) is 6.04 Å². The number of aliphatic hydroxyl groups is 1. The lowest BCUT2D eigenvalue weighted by atomic mass is 9.89. The molecule has 2 aliphatic rings. The Kier molecular flexibility index (Phi) is 13.2. The Morgan fingerprint density at radius 2 is 1.51 bits per heavy atom. The number of esters is 1. The van der Waals surface area contributed by atoms with Gasteiger partial charge < -0.3 is 34.9 Å². The molecule has 5 aromatic rings. The van der Waals surface area contributed by atoms with Gasteiger partial charge in [0.25, 0.3) is 0 Å². The maximum atomic E-state index is 13.0. The van der Waals surface area contributed by atoms with Gasteiger partial charge in [-0.2, -0.15) is 0 Å². The van der Waals surface area contributed by atoms with Gasteiger partial charge in [0.15, 0.2) is 6.29 Å². The first-order valence-corrected chi connectivity index (χ1v) is 19.5. The van der Waals surface area contributed by atoms with Gasteiger partial charge in [0.05, 0.1) is 25.9 Å². The standard InChI is InChI=1S/C45H50N6O6/c1-31-40(29-50-23-25-51(26-24-50)44-46-21-8-22-47-44)56-43(57-41(31)35-15-13-33(30-52)14-16-35)36-19-17-34(18-20-36)38-12-7-6-11-37(38)28-48-45(54)49-39(42(53)55-2)27-32-9-4-3-5-10-32/h3-22,31,39-41,43,52H,23-30H2,1-2H3,(H2,48,49,54)/t31-,39+,40+,41+,43+/m1/s1. The van der Waals surface area contributed by atoms with Crippen LogP contribution in [0, 0.1) is 5.92 Å². The normalized spacial score (nSPS) is 20.4. The molecular formula is C45H50N6O6. The Balaban J connectivity index is 1.03. The molecule has 0 radical (unpaired) electrons. The number of aliphatic hydroxyl groups excluding tert-OH is 1. The number of hydrogen-bond acceptors (Lipinski definition) is 10. The summed E-state index contributed by atoms with van der Waals surface area (Å²) < 4.78 is 18.5. The first-order chi connectivity index (χ1) is 27.9. The van der Waals surface area contributed by atoms with Crippen molar-refractivity contribution in [3.05, 3.63) is 149 Å². The maximum absolute atomic E-state index is 13.0. The van der Waals surface area contributed by atoms with E-state index in [0.29, 0.717) is 6.42 Å². The number of methoxy groups -OCH3 is 1. The topological polar surface area (TPSA) is 138 Å². The summed E-state index contributed by atoms with van der Waals surface area (Å²) in [5.74, 6) is 0.313. The van der Waals surface area contributed by atoms with E-state index in [1.807, 2.05) is 97.1 Å². The van der Waals surface area contributed by atoms with Gasteiger partial charge in [0, 0.05) is 69.6 Å². The zero-order valence-electron chi connectivity index (χ0n) is 32.4. The first kappa shape index (κ1) is 39.6. The van der Waals surface area contributed by atoms with Crippen LogP contribution in [-0.4, -0.2) is 84.0 Å². The number of anilines is 1. The van der Waals surface area contributed by atoms with Gasteiger partial charge in [-0.3, -0.25) is 4.90 Å². The second-order valence-electron chi connectivity index (χ2n) is 14.5. The van der Waals surface area contributed by atoms with Crippen molar-refractivity contribution in [3.63, 3.8) is 0 Å². The van der Waals surface area contributed by atoms with Crippen molar-refractivity contribution in [2.45, 2.75) is 51.0 Å². The van der Waals surface area contributed by atoms with Crippen molar-refractivity contribution in [2.75, 3.05) is 44.7 Å². The van der Waals surface area contributed by atoms with E-state index in [1.165, 1.54) is 7.11 Å². The zero-order valence-corrected chi connectivity index (χ0v) is 32.4. The molecule has 2 amide bonds. The highest BCUT2D eigenvalue weighted by atomic mass is 16.7. The number of piperazine rings is 1. The molecule has 4 aromatic carbocycles. The number of rotatable bonds is 13. The highest BCUT2D eigenvalue weighted by Gasteiger charge is 2.39. The Labute approximate surface area is 333 Å². The van der Waals surface area contributed by atoms with Crippen LogP contribution in [0.25, 0.3) is 11.1 Å². The Bertz CT molecular complexity index is 2050. The van der Waals surface area contributed by atoms with E-state index in [1.54, 1.807) is 12.4 Å². The van der Waals surface area contributed by atoms with Crippen LogP contribution in [0.1, 0.15) is 47.1 Å². The smallest absolute Gasteiger partial charge is 0.328 e. The number of aromatic nitrogens is 2. The molecule has 0 unspecified atom stereocenters. The molecule has 2 aliphatic heterocycles. The summed E-state index contributed by atoms with van der Waals surface area (Å²) in [6.45, 7) is 6.60. The monoisotopic (exact) mass is 770 g/mol. The van der Waals surface area contributed by atoms with Crippen molar-refractivity contribution in [3.8, 4) is 11.1 Å². The quantitative estimate of drug-likeness (QED) is 0.125. The lowest BCUT2D eigenvalue weighted by molar-refractivity contribution is -0.276. The highest BCUT2D eigenvalue weighted by molar-refractivity contribution is 5.84. The molecule has 57 heavy (non-hydrogen) atoms. The van der Waals surface area contributed by atoms with Gasteiger partial charge in [-0.05, 0) is 39.4 Å². The van der Waals surface area contributed by atoms with E-state index in [2.05, 4.69) is 49.5 Å². The SMILES string of the molecule is COC(=O)[C@H](Cc1ccccc1)NC(=O)NCc1ccccc1-c1ccc([C@H]2O[C@@H](CN3CCN(c4ncccn4)CC3)[C@@H](C)[C@@H](c3ccc(CO)cc3)O2)cc1. The Morgan fingerprint density at radius 1 is 0.825 bits per heavy atom. The summed E-state index contributed by atoms with van der Waals surface area (Å²) in [6.07, 6.45) is 2.96. The van der Waals surface area contributed by atoms with E-state index in [9.17, 15) is 14.7 Å². The van der Waals surface area contributed by atoms with Crippen LogP contribution in [0.4, 0.5) is 10.7 Å². The van der Waals surface area contributed by atoms with Gasteiger partial charge in [-0.1, -0.05) is 110 Å². The first-order valence-electron chi connectivity index (χ1n) is 19.5. The number of nitrogens with one attached hydrogen (secondary N) is 2. The molecule has 2 fully saturated rings. The molecule has 3 N–H and O–H groups in total. The highest BCUT2D eigenvalue weighted by Crippen LogP contribution is 2.42. The number of hydrogen-bond donors (Lipinski definition) is 3. The second kappa shape index (κ2) is 19.0. The summed E-state index contributed by atoms with van der Waals surface area (Å²) in [7, 11) is 1.31. The van der Waals surface area contributed by atoms with E-state index < -0.39 is 24.3 Å². The fourth-order valence-electron chi connectivity index (χ4n) is 7.51. The maximum Gasteiger partial charge on any atom is 0.328 e. The molecule has 296 valence electrons. The largest absolute Gasteiger partial charge is 0.467 e. The van der Waals surface area contributed by atoms with Crippen molar-refractivity contribution >= 4 is 17.9 Å². The molecule has 7 rings (SSSR count). The van der Waals surface area contributed by atoms with Crippen molar-refractivity contribution in [2.24, 2.45) is 5.92 Å². The van der Waals surface area contributed by atoms with E-state index in [4.69, 9.17) is 14.2 Å². The molecule has 2 saturated heterocycles. The average molecular weight is 771 g/mol. The Hall–Kier alpha value is -5.66. The molecular weight excluding hydrogens is 721 g/mol. The minimum Gasteiger partial charge on any atom is -0.467 e. The number of carbonyl (C=O) groups is 2. The van der Waals surface area contributed by atoms with Crippen molar-refractivity contribution in [1.82, 2.24) is 25.5 Å². The van der Waals surface area contributed by atoms with Gasteiger partial charge in [0.2, 0.25) is 5.95 Å². The van der Waals surface area contributed by atoms with Gasteiger partial charge in [-0.15, -0.1) is 0 Å². The predicted octanol–water partition coefficient (Wildman–Crippen LogP) is 5.83. The van der Waals surface area contributed by atoms with Crippen LogP contribution in [0.2, 0.25) is 0 Å². The fourth-order valence-corrected chi connectivity index (χ4v) is 7.51. The third kappa shape index (κ3) is 10.0. The van der Waals surface area contributed by atoms with E-state index in [-0.39, 0.29) is 31.3 Å². The van der Waals surface area contributed by atoms with Crippen LogP contribution in [-0.2, 0) is 38.6 Å². The van der Waals surface area contributed by atoms with E-state index in [0.717, 1.165) is 77.6 Å². The fraction of sp³-hybridized carbons (Fsp3) is 0.333. The minimum absolute atomic E-state index is 0.0148. The summed E-state index contributed by atoms with van der Waals surface area (Å²) in [6, 6.07) is 34.1. The third-order valence-corrected chi connectivity index (χ3v) is 10.8. The third-order valence-electron chi connectivity index (χ3n) is 10.8. The molecule has 3 heterocycles. The molecule has 0 spiro atoms. The number of amides is 2. The minimum atomic E-state index is -0.827. The van der Waals surface area contributed by atoms with Gasteiger partial charge in [-0.25, -0.2) is 19.6 Å². The number of urea groups is 1. The molecule has 0 aliphatic carbocycles. The molecule has 12 nitrogen and oxygen atoms in total. The lowest BCUT2D eigenvalue weighted by Crippen LogP contribution is -2.51. The van der Waals surface area contributed by atoms with Crippen LogP contribution >= 0.6 is 0 Å².